The molecule has 0 aliphatic carbocycles. The average Bonchev–Trinajstić information content (AvgIpc) is 2.57. The summed E-state index contributed by atoms with van der Waals surface area (Å²) in [6.07, 6.45) is 1.59. The Balaban J connectivity index is 2.53. The van der Waals surface area contributed by atoms with E-state index in [9.17, 15) is 14.7 Å². The van der Waals surface area contributed by atoms with Crippen molar-refractivity contribution < 1.29 is 14.7 Å². The van der Waals surface area contributed by atoms with Crippen LogP contribution in [-0.4, -0.2) is 28.4 Å². The van der Waals surface area contributed by atoms with Gasteiger partial charge in [-0.2, -0.15) is 0 Å². The first-order valence-corrected chi connectivity index (χ1v) is 8.03. The van der Waals surface area contributed by atoms with Gasteiger partial charge in [-0.05, 0) is 43.9 Å². The third kappa shape index (κ3) is 3.28. The van der Waals surface area contributed by atoms with Crippen LogP contribution in [0.15, 0.2) is 22.7 Å². The van der Waals surface area contributed by atoms with Crippen molar-refractivity contribution in [2.75, 3.05) is 6.54 Å². The van der Waals surface area contributed by atoms with Crippen LogP contribution in [0.2, 0.25) is 0 Å². The Morgan fingerprint density at radius 1 is 1.48 bits per heavy atom. The number of benzene rings is 1. The van der Waals surface area contributed by atoms with Gasteiger partial charge < -0.3 is 10.0 Å². The lowest BCUT2D eigenvalue weighted by molar-refractivity contribution is -0.146. The summed E-state index contributed by atoms with van der Waals surface area (Å²) in [4.78, 5) is 25.7. The van der Waals surface area contributed by atoms with Crippen LogP contribution in [0.4, 0.5) is 0 Å². The highest BCUT2D eigenvalue weighted by Crippen LogP contribution is 2.39. The van der Waals surface area contributed by atoms with Crippen LogP contribution in [0.3, 0.4) is 0 Å². The van der Waals surface area contributed by atoms with Gasteiger partial charge in [0.25, 0.3) is 0 Å². The molecule has 114 valence electrons. The van der Waals surface area contributed by atoms with Gasteiger partial charge in [-0.1, -0.05) is 28.1 Å². The Hall–Kier alpha value is -1.36. The quantitative estimate of drug-likeness (QED) is 0.903. The largest absolute Gasteiger partial charge is 0.481 e. The fraction of sp³-hybridized carbons (Fsp3) is 0.500. The summed E-state index contributed by atoms with van der Waals surface area (Å²) in [6.45, 7) is 4.41. The van der Waals surface area contributed by atoms with Crippen LogP contribution < -0.4 is 0 Å². The number of aryl methyl sites for hydroxylation is 1. The van der Waals surface area contributed by atoms with Crippen LogP contribution in [0.5, 0.6) is 0 Å². The Morgan fingerprint density at radius 2 is 2.19 bits per heavy atom. The first-order valence-electron chi connectivity index (χ1n) is 7.24. The fourth-order valence-electron chi connectivity index (χ4n) is 3.04. The smallest absolute Gasteiger partial charge is 0.308 e. The van der Waals surface area contributed by atoms with E-state index in [4.69, 9.17) is 0 Å². The molecule has 1 N–H and O–H groups in total. The third-order valence-electron chi connectivity index (χ3n) is 4.08. The molecule has 1 heterocycles. The van der Waals surface area contributed by atoms with Gasteiger partial charge in [0.05, 0.1) is 12.0 Å². The van der Waals surface area contributed by atoms with Gasteiger partial charge in [0, 0.05) is 17.4 Å². The molecule has 1 aliphatic rings. The number of aliphatic carboxylic acids is 1. The molecule has 2 unspecified atom stereocenters. The van der Waals surface area contributed by atoms with Gasteiger partial charge in [0.1, 0.15) is 0 Å². The Morgan fingerprint density at radius 3 is 2.76 bits per heavy atom. The second kappa shape index (κ2) is 6.60. The number of carbonyl (C=O) groups is 2. The minimum Gasteiger partial charge on any atom is -0.481 e. The average molecular weight is 354 g/mol. The van der Waals surface area contributed by atoms with Crippen molar-refractivity contribution in [3.63, 3.8) is 0 Å². The molecule has 5 heteroatoms. The molecule has 0 saturated carbocycles. The molecule has 21 heavy (non-hydrogen) atoms. The summed E-state index contributed by atoms with van der Waals surface area (Å²) in [5.41, 5.74) is 1.98. The van der Waals surface area contributed by atoms with Gasteiger partial charge in [0.15, 0.2) is 0 Å². The molecule has 4 nitrogen and oxygen atoms in total. The first-order chi connectivity index (χ1) is 9.95. The molecular weight excluding hydrogens is 334 g/mol. The van der Waals surface area contributed by atoms with E-state index in [2.05, 4.69) is 15.9 Å². The minimum absolute atomic E-state index is 0.0405. The summed E-state index contributed by atoms with van der Waals surface area (Å²) < 4.78 is 0.868. The zero-order valence-corrected chi connectivity index (χ0v) is 13.9. The summed E-state index contributed by atoms with van der Waals surface area (Å²) in [7, 11) is 0. The van der Waals surface area contributed by atoms with Crippen LogP contribution >= 0.6 is 15.9 Å². The number of carboxylic acids is 1. The minimum atomic E-state index is -0.833. The summed E-state index contributed by atoms with van der Waals surface area (Å²) in [6, 6.07) is 5.46. The van der Waals surface area contributed by atoms with Gasteiger partial charge in [-0.3, -0.25) is 9.59 Å². The Bertz CT molecular complexity index is 556. The van der Waals surface area contributed by atoms with Crippen LogP contribution in [0.1, 0.15) is 43.4 Å². The highest BCUT2D eigenvalue weighted by Gasteiger charge is 2.38. The lowest BCUT2D eigenvalue weighted by Crippen LogP contribution is -2.39. The fourth-order valence-corrected chi connectivity index (χ4v) is 3.76. The van der Waals surface area contributed by atoms with E-state index in [1.165, 1.54) is 0 Å². The summed E-state index contributed by atoms with van der Waals surface area (Å²) >= 11 is 3.53. The third-order valence-corrected chi connectivity index (χ3v) is 4.76. The predicted molar refractivity (Wildman–Crippen MR) is 84.0 cm³/mol. The van der Waals surface area contributed by atoms with Gasteiger partial charge >= 0.3 is 5.97 Å². The topological polar surface area (TPSA) is 57.6 Å². The van der Waals surface area contributed by atoms with Gasteiger partial charge in [-0.25, -0.2) is 0 Å². The molecule has 1 aromatic carbocycles. The maximum Gasteiger partial charge on any atom is 0.308 e. The van der Waals surface area contributed by atoms with Crippen molar-refractivity contribution in [2.24, 2.45) is 5.92 Å². The molecule has 0 aromatic heterocycles. The van der Waals surface area contributed by atoms with E-state index >= 15 is 0 Å². The van der Waals surface area contributed by atoms with E-state index in [-0.39, 0.29) is 5.91 Å². The summed E-state index contributed by atoms with van der Waals surface area (Å²) in [5, 5.41) is 9.59. The van der Waals surface area contributed by atoms with E-state index in [0.717, 1.165) is 15.6 Å². The molecule has 1 amide bonds. The standard InChI is InChI=1S/C16H20BrNO3/c1-3-18-14(19)6-4-5-12(16(20)21)15(18)11-8-7-10(2)9-13(11)17/h7-9,12,15H,3-6H2,1-2H3,(H,20,21). The van der Waals surface area contributed by atoms with Crippen molar-refractivity contribution in [2.45, 2.75) is 39.2 Å². The molecule has 1 fully saturated rings. The summed E-state index contributed by atoms with van der Waals surface area (Å²) in [5.74, 6) is -1.35. The number of carbonyl (C=O) groups excluding carboxylic acids is 1. The van der Waals surface area contributed by atoms with Crippen LogP contribution in [0.25, 0.3) is 0 Å². The van der Waals surface area contributed by atoms with Crippen LogP contribution in [0, 0.1) is 12.8 Å². The molecular formula is C16H20BrNO3. The normalized spacial score (nSPS) is 23.0. The van der Waals surface area contributed by atoms with Crippen LogP contribution in [-0.2, 0) is 9.59 Å². The highest BCUT2D eigenvalue weighted by atomic mass is 79.9. The SMILES string of the molecule is CCN1C(=O)CCCC(C(=O)O)C1c1ccc(C)cc1Br. The molecule has 0 spiro atoms. The zero-order chi connectivity index (χ0) is 15.6. The number of amides is 1. The first kappa shape index (κ1) is 16.0. The molecule has 2 rings (SSSR count). The van der Waals surface area contributed by atoms with E-state index < -0.39 is 17.9 Å². The molecule has 1 aliphatic heterocycles. The maximum atomic E-state index is 12.3. The van der Waals surface area contributed by atoms with E-state index in [1.807, 2.05) is 32.0 Å². The monoisotopic (exact) mass is 353 g/mol. The number of hydrogen-bond acceptors (Lipinski definition) is 2. The van der Waals surface area contributed by atoms with Crippen molar-refractivity contribution in [1.29, 1.82) is 0 Å². The molecule has 2 atom stereocenters. The van der Waals surface area contributed by atoms with Gasteiger partial charge in [0.2, 0.25) is 5.91 Å². The lowest BCUT2D eigenvalue weighted by Gasteiger charge is -2.33. The number of halogens is 1. The van der Waals surface area contributed by atoms with Crippen molar-refractivity contribution >= 4 is 27.8 Å². The predicted octanol–water partition coefficient (Wildman–Crippen LogP) is 3.53. The second-order valence-corrected chi connectivity index (χ2v) is 6.34. The van der Waals surface area contributed by atoms with Crippen molar-refractivity contribution in [3.8, 4) is 0 Å². The number of rotatable bonds is 3. The highest BCUT2D eigenvalue weighted by molar-refractivity contribution is 9.10. The van der Waals surface area contributed by atoms with E-state index in [1.54, 1.807) is 4.90 Å². The number of likely N-dealkylation sites (tertiary alicyclic amines) is 1. The molecule has 0 bridgehead atoms. The second-order valence-electron chi connectivity index (χ2n) is 5.49. The Labute approximate surface area is 133 Å². The number of carboxylic acid groups (broad SMARTS) is 1. The molecule has 0 radical (unpaired) electrons. The van der Waals surface area contributed by atoms with Crippen molar-refractivity contribution in [1.82, 2.24) is 4.90 Å². The van der Waals surface area contributed by atoms with Crippen molar-refractivity contribution in [3.05, 3.63) is 33.8 Å². The zero-order valence-electron chi connectivity index (χ0n) is 12.3. The Kier molecular flexibility index (Phi) is 5.04. The lowest BCUT2D eigenvalue weighted by atomic mass is 9.89. The molecule has 1 saturated heterocycles. The van der Waals surface area contributed by atoms with E-state index in [0.29, 0.717) is 25.8 Å². The number of hydrogen-bond donors (Lipinski definition) is 1. The molecule has 1 aromatic rings. The van der Waals surface area contributed by atoms with Gasteiger partial charge in [-0.15, -0.1) is 0 Å². The maximum absolute atomic E-state index is 12.3. The number of nitrogens with zero attached hydrogens (tertiary/aromatic N) is 1.